The number of hydrogen-bond donors (Lipinski definition) is 0. The summed E-state index contributed by atoms with van der Waals surface area (Å²) in [5.74, 6) is -1.80. The molecular formula is C17H13F2NO. The van der Waals surface area contributed by atoms with E-state index < -0.39 is 17.2 Å². The van der Waals surface area contributed by atoms with Crippen molar-refractivity contribution in [1.29, 1.82) is 0 Å². The van der Waals surface area contributed by atoms with E-state index in [-0.39, 0.29) is 5.56 Å². The maximum atomic E-state index is 14.1. The summed E-state index contributed by atoms with van der Waals surface area (Å²) in [6.07, 6.45) is 3.78. The van der Waals surface area contributed by atoms with Crippen molar-refractivity contribution in [3.63, 3.8) is 0 Å². The number of isocyanates is 1. The van der Waals surface area contributed by atoms with E-state index in [0.29, 0.717) is 24.0 Å². The van der Waals surface area contributed by atoms with Crippen LogP contribution in [0.3, 0.4) is 0 Å². The van der Waals surface area contributed by atoms with Gasteiger partial charge in [0.15, 0.2) is 11.6 Å². The number of nitrogens with zero attached hydrogens (tertiary/aromatic N) is 1. The van der Waals surface area contributed by atoms with Gasteiger partial charge in [0.05, 0.1) is 5.54 Å². The zero-order valence-electron chi connectivity index (χ0n) is 11.3. The molecule has 106 valence electrons. The van der Waals surface area contributed by atoms with E-state index in [1.165, 1.54) is 0 Å². The molecule has 0 unspecified atom stereocenters. The van der Waals surface area contributed by atoms with Crippen LogP contribution >= 0.6 is 0 Å². The van der Waals surface area contributed by atoms with E-state index in [1.807, 2.05) is 6.07 Å². The van der Waals surface area contributed by atoms with Gasteiger partial charge in [0.2, 0.25) is 6.08 Å². The van der Waals surface area contributed by atoms with E-state index in [4.69, 9.17) is 0 Å². The summed E-state index contributed by atoms with van der Waals surface area (Å²) in [5, 5.41) is 0. The van der Waals surface area contributed by atoms with Gasteiger partial charge >= 0.3 is 0 Å². The quantitative estimate of drug-likeness (QED) is 0.609. The normalized spacial score (nSPS) is 15.9. The van der Waals surface area contributed by atoms with Crippen molar-refractivity contribution in [2.45, 2.75) is 24.8 Å². The molecule has 0 amide bonds. The van der Waals surface area contributed by atoms with Crippen molar-refractivity contribution in [1.82, 2.24) is 0 Å². The maximum Gasteiger partial charge on any atom is 0.235 e. The SMILES string of the molecule is O=C=NC1(c2cc(F)c(F)c(-c3ccccc3)c2)CCC1. The molecule has 0 saturated heterocycles. The monoisotopic (exact) mass is 285 g/mol. The van der Waals surface area contributed by atoms with Crippen LogP contribution in [-0.4, -0.2) is 6.08 Å². The van der Waals surface area contributed by atoms with Gasteiger partial charge in [0.1, 0.15) is 0 Å². The third-order valence-corrected chi connectivity index (χ3v) is 4.09. The number of halogens is 2. The van der Waals surface area contributed by atoms with Gasteiger partial charge in [-0.1, -0.05) is 30.3 Å². The largest absolute Gasteiger partial charge is 0.235 e. The highest BCUT2D eigenvalue weighted by Crippen LogP contribution is 2.46. The minimum atomic E-state index is -0.918. The van der Waals surface area contributed by atoms with E-state index in [0.717, 1.165) is 12.5 Å². The average Bonchev–Trinajstić information content (AvgIpc) is 2.46. The number of aliphatic imine (C=N–C) groups is 1. The lowest BCUT2D eigenvalue weighted by atomic mass is 9.72. The van der Waals surface area contributed by atoms with Crippen LogP contribution in [0, 0.1) is 11.6 Å². The molecule has 0 bridgehead atoms. The fourth-order valence-corrected chi connectivity index (χ4v) is 2.75. The second-order valence-electron chi connectivity index (χ2n) is 5.27. The van der Waals surface area contributed by atoms with Crippen molar-refractivity contribution in [3.8, 4) is 11.1 Å². The van der Waals surface area contributed by atoms with Crippen LogP contribution in [0.25, 0.3) is 11.1 Å². The highest BCUT2D eigenvalue weighted by molar-refractivity contribution is 5.65. The predicted molar refractivity (Wildman–Crippen MR) is 75.4 cm³/mol. The smallest absolute Gasteiger partial charge is 0.211 e. The molecule has 2 nitrogen and oxygen atoms in total. The minimum absolute atomic E-state index is 0.193. The standard InChI is InChI=1S/C17H13F2NO/c18-15-10-13(17(20-11-21)7-4-8-17)9-14(16(15)19)12-5-2-1-3-6-12/h1-3,5-6,9-10H,4,7-8H2. The third kappa shape index (κ3) is 2.28. The van der Waals surface area contributed by atoms with Crippen molar-refractivity contribution < 1.29 is 13.6 Å². The number of rotatable bonds is 3. The second kappa shape index (κ2) is 5.23. The highest BCUT2D eigenvalue weighted by atomic mass is 19.2. The van der Waals surface area contributed by atoms with E-state index >= 15 is 0 Å². The van der Waals surface area contributed by atoms with Crippen LogP contribution < -0.4 is 0 Å². The molecule has 2 aromatic rings. The predicted octanol–water partition coefficient (Wildman–Crippen LogP) is 4.35. The number of carbonyl (C=O) groups excluding carboxylic acids is 1. The van der Waals surface area contributed by atoms with Gasteiger partial charge in [-0.05, 0) is 42.5 Å². The first kappa shape index (κ1) is 13.7. The first-order chi connectivity index (χ1) is 10.2. The van der Waals surface area contributed by atoms with Gasteiger partial charge in [-0.25, -0.2) is 13.6 Å². The molecule has 0 aliphatic heterocycles. The molecule has 2 aromatic carbocycles. The summed E-state index contributed by atoms with van der Waals surface area (Å²) in [4.78, 5) is 14.5. The Morgan fingerprint density at radius 3 is 2.38 bits per heavy atom. The average molecular weight is 285 g/mol. The van der Waals surface area contributed by atoms with Gasteiger partial charge in [-0.2, -0.15) is 4.99 Å². The lowest BCUT2D eigenvalue weighted by molar-refractivity contribution is 0.254. The van der Waals surface area contributed by atoms with Crippen LogP contribution in [0.1, 0.15) is 24.8 Å². The Morgan fingerprint density at radius 1 is 1.10 bits per heavy atom. The summed E-state index contributed by atoms with van der Waals surface area (Å²) < 4.78 is 28.0. The first-order valence-corrected chi connectivity index (χ1v) is 6.80. The van der Waals surface area contributed by atoms with E-state index in [9.17, 15) is 13.6 Å². The Labute approximate surface area is 121 Å². The maximum absolute atomic E-state index is 14.1. The Bertz CT molecular complexity index is 717. The topological polar surface area (TPSA) is 29.4 Å². The molecule has 0 spiro atoms. The summed E-state index contributed by atoms with van der Waals surface area (Å²) in [6, 6.07) is 11.5. The summed E-state index contributed by atoms with van der Waals surface area (Å²) >= 11 is 0. The Morgan fingerprint density at radius 2 is 1.81 bits per heavy atom. The zero-order chi connectivity index (χ0) is 14.9. The molecule has 1 aliphatic carbocycles. The first-order valence-electron chi connectivity index (χ1n) is 6.80. The van der Waals surface area contributed by atoms with E-state index in [2.05, 4.69) is 4.99 Å². The highest BCUT2D eigenvalue weighted by Gasteiger charge is 2.39. The van der Waals surface area contributed by atoms with Gasteiger partial charge in [0, 0.05) is 5.56 Å². The minimum Gasteiger partial charge on any atom is -0.211 e. The molecule has 4 heteroatoms. The Balaban J connectivity index is 2.17. The summed E-state index contributed by atoms with van der Waals surface area (Å²) in [7, 11) is 0. The number of benzene rings is 2. The second-order valence-corrected chi connectivity index (χ2v) is 5.27. The van der Waals surface area contributed by atoms with E-state index in [1.54, 1.807) is 36.4 Å². The van der Waals surface area contributed by atoms with Crippen LogP contribution in [0.15, 0.2) is 47.5 Å². The van der Waals surface area contributed by atoms with Gasteiger partial charge < -0.3 is 0 Å². The Hall–Kier alpha value is -2.32. The molecule has 3 rings (SSSR count). The van der Waals surface area contributed by atoms with Gasteiger partial charge in [0.25, 0.3) is 0 Å². The molecule has 1 fully saturated rings. The summed E-state index contributed by atoms with van der Waals surface area (Å²) in [5.41, 5.74) is 0.591. The van der Waals surface area contributed by atoms with Crippen molar-refractivity contribution in [2.24, 2.45) is 4.99 Å². The molecule has 1 saturated carbocycles. The van der Waals surface area contributed by atoms with Crippen LogP contribution in [-0.2, 0) is 10.3 Å². The lowest BCUT2D eigenvalue weighted by Crippen LogP contribution is -2.32. The summed E-state index contributed by atoms with van der Waals surface area (Å²) in [6.45, 7) is 0. The Kier molecular flexibility index (Phi) is 3.40. The van der Waals surface area contributed by atoms with Crippen molar-refractivity contribution >= 4 is 6.08 Å². The molecule has 1 aliphatic rings. The fraction of sp³-hybridized carbons (Fsp3) is 0.235. The molecule has 0 heterocycles. The van der Waals surface area contributed by atoms with Crippen LogP contribution in [0.2, 0.25) is 0 Å². The molecule has 0 aromatic heterocycles. The molecule has 0 radical (unpaired) electrons. The zero-order valence-corrected chi connectivity index (χ0v) is 11.3. The third-order valence-electron chi connectivity index (χ3n) is 4.09. The van der Waals surface area contributed by atoms with Gasteiger partial charge in [-0.15, -0.1) is 0 Å². The fourth-order valence-electron chi connectivity index (χ4n) is 2.75. The lowest BCUT2D eigenvalue weighted by Gasteiger charge is -2.37. The van der Waals surface area contributed by atoms with Crippen molar-refractivity contribution in [3.05, 3.63) is 59.7 Å². The molecule has 21 heavy (non-hydrogen) atoms. The van der Waals surface area contributed by atoms with Crippen LogP contribution in [0.4, 0.5) is 8.78 Å². The molecule has 0 atom stereocenters. The van der Waals surface area contributed by atoms with Crippen LogP contribution in [0.5, 0.6) is 0 Å². The van der Waals surface area contributed by atoms with Gasteiger partial charge in [-0.3, -0.25) is 0 Å². The molecular weight excluding hydrogens is 272 g/mol. The number of hydrogen-bond acceptors (Lipinski definition) is 2. The van der Waals surface area contributed by atoms with Crippen molar-refractivity contribution in [2.75, 3.05) is 0 Å². The molecule has 0 N–H and O–H groups in total.